The first-order valence-corrected chi connectivity index (χ1v) is 8.49. The van der Waals surface area contributed by atoms with Crippen molar-refractivity contribution in [3.05, 3.63) is 77.5 Å². The molecule has 3 aromatic rings. The van der Waals surface area contributed by atoms with Crippen LogP contribution in [0.4, 0.5) is 0 Å². The largest absolute Gasteiger partial charge is 0.309 e. The predicted molar refractivity (Wildman–Crippen MR) is 107 cm³/mol. The highest BCUT2D eigenvalue weighted by atomic mass is 15.0. The second-order valence-corrected chi connectivity index (χ2v) is 6.69. The first kappa shape index (κ1) is 16.3. The highest BCUT2D eigenvalue weighted by molar-refractivity contribution is 5.95. The smallest absolute Gasteiger partial charge is 0.0541 e. The molecular formula is C23H25N. The van der Waals surface area contributed by atoms with E-state index in [-0.39, 0.29) is 0 Å². The zero-order chi connectivity index (χ0) is 17.4. The monoisotopic (exact) mass is 315 g/mol. The SMILES string of the molecule is C=Cc1c(C=C)n(-c2cc(C)c(C)c(C(C)C)c2)c2ccccc12. The van der Waals surface area contributed by atoms with Crippen LogP contribution >= 0.6 is 0 Å². The third kappa shape index (κ3) is 2.41. The molecular weight excluding hydrogens is 290 g/mol. The molecule has 0 amide bonds. The Kier molecular flexibility index (Phi) is 4.19. The zero-order valence-electron chi connectivity index (χ0n) is 15.1. The Morgan fingerprint density at radius 1 is 1.00 bits per heavy atom. The molecule has 0 N–H and O–H groups in total. The summed E-state index contributed by atoms with van der Waals surface area (Å²) >= 11 is 0. The molecule has 0 aliphatic rings. The molecule has 2 aromatic carbocycles. The van der Waals surface area contributed by atoms with Gasteiger partial charge in [0, 0.05) is 16.6 Å². The van der Waals surface area contributed by atoms with Gasteiger partial charge in [0.1, 0.15) is 0 Å². The fourth-order valence-electron chi connectivity index (χ4n) is 3.57. The number of nitrogens with zero attached hydrogens (tertiary/aromatic N) is 1. The average Bonchev–Trinajstić information content (AvgIpc) is 2.90. The van der Waals surface area contributed by atoms with Crippen LogP contribution in [0.2, 0.25) is 0 Å². The van der Waals surface area contributed by atoms with Gasteiger partial charge in [0.25, 0.3) is 0 Å². The number of para-hydroxylation sites is 1. The summed E-state index contributed by atoms with van der Waals surface area (Å²) in [6.45, 7) is 17.0. The van der Waals surface area contributed by atoms with E-state index >= 15 is 0 Å². The van der Waals surface area contributed by atoms with E-state index < -0.39 is 0 Å². The van der Waals surface area contributed by atoms with Crippen molar-refractivity contribution in [2.24, 2.45) is 0 Å². The molecule has 0 unspecified atom stereocenters. The predicted octanol–water partition coefficient (Wildman–Crippen LogP) is 6.66. The number of hydrogen-bond donors (Lipinski definition) is 0. The van der Waals surface area contributed by atoms with Crippen LogP contribution < -0.4 is 0 Å². The first-order chi connectivity index (χ1) is 11.5. The molecule has 0 fully saturated rings. The Morgan fingerprint density at radius 3 is 2.33 bits per heavy atom. The van der Waals surface area contributed by atoms with Crippen molar-refractivity contribution in [3.63, 3.8) is 0 Å². The summed E-state index contributed by atoms with van der Waals surface area (Å²) in [7, 11) is 0. The molecule has 24 heavy (non-hydrogen) atoms. The number of hydrogen-bond acceptors (Lipinski definition) is 0. The Bertz CT molecular complexity index is 938. The van der Waals surface area contributed by atoms with Gasteiger partial charge >= 0.3 is 0 Å². The second-order valence-electron chi connectivity index (χ2n) is 6.69. The van der Waals surface area contributed by atoms with Crippen molar-refractivity contribution >= 4 is 23.1 Å². The van der Waals surface area contributed by atoms with Crippen LogP contribution in [0.5, 0.6) is 0 Å². The van der Waals surface area contributed by atoms with Crippen molar-refractivity contribution in [1.29, 1.82) is 0 Å². The standard InChI is InChI=1S/C23H25N/c1-7-19-20-11-9-10-12-23(20)24(22(19)8-2)18-13-16(5)17(6)21(14-18)15(3)4/h7-15H,1-2H2,3-6H3. The quantitative estimate of drug-likeness (QED) is 0.507. The molecule has 1 heterocycles. The van der Waals surface area contributed by atoms with Crippen LogP contribution in [-0.4, -0.2) is 4.57 Å². The topological polar surface area (TPSA) is 4.93 Å². The maximum Gasteiger partial charge on any atom is 0.0541 e. The summed E-state index contributed by atoms with van der Waals surface area (Å²) in [5, 5.41) is 1.21. The summed E-state index contributed by atoms with van der Waals surface area (Å²) in [5.41, 5.74) is 8.74. The van der Waals surface area contributed by atoms with Gasteiger partial charge in [0.05, 0.1) is 11.2 Å². The molecule has 0 atom stereocenters. The van der Waals surface area contributed by atoms with E-state index in [1.165, 1.54) is 33.3 Å². The Labute approximate surface area is 144 Å². The third-order valence-corrected chi connectivity index (χ3v) is 4.92. The minimum absolute atomic E-state index is 0.497. The zero-order valence-corrected chi connectivity index (χ0v) is 15.1. The third-order valence-electron chi connectivity index (χ3n) is 4.92. The van der Waals surface area contributed by atoms with Crippen molar-refractivity contribution in [1.82, 2.24) is 4.57 Å². The van der Waals surface area contributed by atoms with E-state index in [1.54, 1.807) is 0 Å². The fourth-order valence-corrected chi connectivity index (χ4v) is 3.57. The lowest BCUT2D eigenvalue weighted by Crippen LogP contribution is -2.02. The Morgan fingerprint density at radius 2 is 1.71 bits per heavy atom. The van der Waals surface area contributed by atoms with Crippen LogP contribution in [0.1, 0.15) is 47.7 Å². The van der Waals surface area contributed by atoms with Gasteiger partial charge in [0.15, 0.2) is 0 Å². The highest BCUT2D eigenvalue weighted by Crippen LogP contribution is 2.33. The fraction of sp³-hybridized carbons (Fsp3) is 0.217. The summed E-state index contributed by atoms with van der Waals surface area (Å²) in [6, 6.07) is 13.1. The molecule has 0 radical (unpaired) electrons. The summed E-state index contributed by atoms with van der Waals surface area (Å²) in [5.74, 6) is 0.497. The molecule has 0 aliphatic carbocycles. The van der Waals surface area contributed by atoms with Gasteiger partial charge in [-0.05, 0) is 60.7 Å². The molecule has 1 nitrogen and oxygen atoms in total. The molecule has 0 bridgehead atoms. The Hall–Kier alpha value is -2.54. The van der Waals surface area contributed by atoms with Gasteiger partial charge in [-0.3, -0.25) is 0 Å². The lowest BCUT2D eigenvalue weighted by molar-refractivity contribution is 0.850. The van der Waals surface area contributed by atoms with E-state index in [0.717, 1.165) is 11.3 Å². The Balaban J connectivity index is 2.43. The normalized spacial score (nSPS) is 11.2. The van der Waals surface area contributed by atoms with Crippen LogP contribution in [0.25, 0.3) is 28.7 Å². The van der Waals surface area contributed by atoms with Crippen molar-refractivity contribution in [2.75, 3.05) is 0 Å². The summed E-state index contributed by atoms with van der Waals surface area (Å²) in [4.78, 5) is 0. The molecule has 0 saturated heterocycles. The van der Waals surface area contributed by atoms with Crippen molar-refractivity contribution in [3.8, 4) is 5.69 Å². The van der Waals surface area contributed by atoms with Crippen LogP contribution in [0.15, 0.2) is 49.6 Å². The molecule has 1 aromatic heterocycles. The number of aryl methyl sites for hydroxylation is 1. The molecule has 3 rings (SSSR count). The van der Waals surface area contributed by atoms with Gasteiger partial charge < -0.3 is 4.57 Å². The lowest BCUT2D eigenvalue weighted by atomic mass is 9.94. The van der Waals surface area contributed by atoms with E-state index in [1.807, 2.05) is 12.2 Å². The number of aromatic nitrogens is 1. The van der Waals surface area contributed by atoms with Gasteiger partial charge in [-0.25, -0.2) is 0 Å². The van der Waals surface area contributed by atoms with Gasteiger partial charge in [0.2, 0.25) is 0 Å². The van der Waals surface area contributed by atoms with Crippen molar-refractivity contribution < 1.29 is 0 Å². The number of rotatable bonds is 4. The number of fused-ring (bicyclic) bond motifs is 1. The van der Waals surface area contributed by atoms with Gasteiger partial charge in [-0.15, -0.1) is 0 Å². The molecule has 1 heteroatoms. The summed E-state index contributed by atoms with van der Waals surface area (Å²) < 4.78 is 2.30. The molecule has 0 aliphatic heterocycles. The van der Waals surface area contributed by atoms with Crippen LogP contribution in [-0.2, 0) is 0 Å². The van der Waals surface area contributed by atoms with Crippen LogP contribution in [0, 0.1) is 13.8 Å². The van der Waals surface area contributed by atoms with E-state index in [4.69, 9.17) is 0 Å². The van der Waals surface area contributed by atoms with Crippen molar-refractivity contribution in [2.45, 2.75) is 33.6 Å². The minimum atomic E-state index is 0.497. The molecule has 0 spiro atoms. The van der Waals surface area contributed by atoms with Gasteiger partial charge in [-0.1, -0.05) is 51.3 Å². The number of benzene rings is 2. The second kappa shape index (κ2) is 6.16. The van der Waals surface area contributed by atoms with E-state index in [2.05, 4.69) is 81.8 Å². The molecule has 122 valence electrons. The van der Waals surface area contributed by atoms with E-state index in [9.17, 15) is 0 Å². The maximum absolute atomic E-state index is 4.05. The summed E-state index contributed by atoms with van der Waals surface area (Å²) in [6.07, 6.45) is 3.86. The maximum atomic E-state index is 4.05. The first-order valence-electron chi connectivity index (χ1n) is 8.49. The van der Waals surface area contributed by atoms with E-state index in [0.29, 0.717) is 5.92 Å². The lowest BCUT2D eigenvalue weighted by Gasteiger charge is -2.17. The van der Waals surface area contributed by atoms with Crippen LogP contribution in [0.3, 0.4) is 0 Å². The van der Waals surface area contributed by atoms with Gasteiger partial charge in [-0.2, -0.15) is 0 Å². The highest BCUT2D eigenvalue weighted by Gasteiger charge is 2.16. The average molecular weight is 315 g/mol. The molecule has 0 saturated carbocycles. The minimum Gasteiger partial charge on any atom is -0.309 e.